The Morgan fingerprint density at radius 1 is 1.00 bits per heavy atom. The second kappa shape index (κ2) is 12.8. The summed E-state index contributed by atoms with van der Waals surface area (Å²) in [6.45, 7) is 16.7. The zero-order chi connectivity index (χ0) is 34.5. The number of fused-ring (bicyclic) bond motifs is 1. The molecule has 1 N–H and O–H groups in total. The molecule has 0 saturated carbocycles. The van der Waals surface area contributed by atoms with Crippen LogP contribution in [0, 0.1) is 25.1 Å². The number of piperidine rings is 1. The average Bonchev–Trinajstić information content (AvgIpc) is 2.94. The number of benzene rings is 2. The molecule has 2 aliphatic heterocycles. The van der Waals surface area contributed by atoms with Gasteiger partial charge in [0.05, 0.1) is 16.9 Å². The molecule has 0 radical (unpaired) electrons. The van der Waals surface area contributed by atoms with E-state index in [4.69, 9.17) is 9.72 Å². The molecular weight excluding hydrogens is 610 g/mol. The highest BCUT2D eigenvalue weighted by Crippen LogP contribution is 2.45. The molecule has 1 atom stereocenters. The van der Waals surface area contributed by atoms with E-state index in [9.17, 15) is 27.5 Å². The van der Waals surface area contributed by atoms with Crippen molar-refractivity contribution in [2.45, 2.75) is 98.7 Å². The number of ether oxygens (including phenoxy) is 1. The van der Waals surface area contributed by atoms with Gasteiger partial charge in [0.25, 0.3) is 0 Å². The summed E-state index contributed by atoms with van der Waals surface area (Å²) in [5.74, 6) is -1.96. The molecule has 2 aromatic carbocycles. The molecule has 3 aromatic rings. The van der Waals surface area contributed by atoms with Gasteiger partial charge in [-0.1, -0.05) is 32.0 Å². The van der Waals surface area contributed by atoms with Gasteiger partial charge in [-0.3, -0.25) is 9.88 Å². The third-order valence-electron chi connectivity index (χ3n) is 9.25. The molecule has 0 spiro atoms. The minimum absolute atomic E-state index is 0.180. The van der Waals surface area contributed by atoms with Crippen molar-refractivity contribution in [3.63, 3.8) is 0 Å². The van der Waals surface area contributed by atoms with Gasteiger partial charge in [-0.25, -0.2) is 9.18 Å². The van der Waals surface area contributed by atoms with Gasteiger partial charge in [0.15, 0.2) is 6.10 Å². The van der Waals surface area contributed by atoms with Crippen LogP contribution in [0.2, 0.25) is 0 Å². The van der Waals surface area contributed by atoms with Crippen LogP contribution in [0.15, 0.2) is 36.4 Å². The quantitative estimate of drug-likeness (QED) is 0.257. The number of carboxylic acids is 1. The number of aromatic nitrogens is 1. The maximum absolute atomic E-state index is 14.1. The smallest absolute Gasteiger partial charge is 0.416 e. The first kappa shape index (κ1) is 34.8. The summed E-state index contributed by atoms with van der Waals surface area (Å²) in [4.78, 5) is 22.0. The second-order valence-corrected chi connectivity index (χ2v) is 14.8. The first-order chi connectivity index (χ1) is 21.8. The Morgan fingerprint density at radius 2 is 1.68 bits per heavy atom. The fourth-order valence-electron chi connectivity index (χ4n) is 6.82. The minimum atomic E-state index is -4.61. The Kier molecular flexibility index (Phi) is 9.51. The molecule has 1 fully saturated rings. The molecule has 254 valence electrons. The van der Waals surface area contributed by atoms with Crippen LogP contribution < -0.4 is 4.90 Å². The first-order valence-corrected chi connectivity index (χ1v) is 16.2. The number of carbonyl (C=O) groups is 1. The molecule has 2 aliphatic rings. The van der Waals surface area contributed by atoms with Crippen molar-refractivity contribution in [2.24, 2.45) is 5.41 Å². The lowest BCUT2D eigenvalue weighted by Gasteiger charge is -2.41. The lowest BCUT2D eigenvalue weighted by atomic mass is 9.81. The largest absolute Gasteiger partial charge is 0.479 e. The number of hydrogen-bond acceptors (Lipinski definition) is 5. The molecular formula is C37H45F4N3O3. The molecule has 0 amide bonds. The van der Waals surface area contributed by atoms with Gasteiger partial charge < -0.3 is 14.7 Å². The van der Waals surface area contributed by atoms with E-state index in [0.29, 0.717) is 36.8 Å². The molecule has 5 rings (SSSR count). The zero-order valence-corrected chi connectivity index (χ0v) is 28.3. The predicted molar refractivity (Wildman–Crippen MR) is 175 cm³/mol. The summed E-state index contributed by atoms with van der Waals surface area (Å²) >= 11 is 0. The van der Waals surface area contributed by atoms with E-state index in [0.717, 1.165) is 71.7 Å². The van der Waals surface area contributed by atoms with Crippen molar-refractivity contribution >= 4 is 11.7 Å². The number of hydrogen-bond donors (Lipinski definition) is 1. The Bertz CT molecular complexity index is 1650. The molecule has 10 heteroatoms. The summed E-state index contributed by atoms with van der Waals surface area (Å²) in [5, 5.41) is 10.5. The van der Waals surface area contributed by atoms with Gasteiger partial charge in [0.2, 0.25) is 0 Å². The van der Waals surface area contributed by atoms with Crippen LogP contribution in [-0.2, 0) is 35.2 Å². The number of anilines is 1. The number of nitrogens with zero attached hydrogens (tertiary/aromatic N) is 3. The fourth-order valence-corrected chi connectivity index (χ4v) is 6.82. The molecule has 1 saturated heterocycles. The Balaban J connectivity index is 1.53. The van der Waals surface area contributed by atoms with Gasteiger partial charge in [-0.15, -0.1) is 0 Å². The third kappa shape index (κ3) is 7.97. The zero-order valence-electron chi connectivity index (χ0n) is 28.3. The number of rotatable bonds is 7. The number of alkyl halides is 3. The molecule has 0 aliphatic carbocycles. The van der Waals surface area contributed by atoms with Crippen molar-refractivity contribution in [1.29, 1.82) is 0 Å². The summed E-state index contributed by atoms with van der Waals surface area (Å²) in [5.41, 5.74) is 5.61. The highest BCUT2D eigenvalue weighted by Gasteiger charge is 2.37. The SMILES string of the molecule is Cc1nc(C)c([C@H](OC(C)(C)C)C(=O)O)c(N2CCC(C)(C)CC2)c1-c1ccc2c(c1)CCN(Cc1cc(F)cc(C(F)(F)F)c1)C2. The van der Waals surface area contributed by atoms with Gasteiger partial charge >= 0.3 is 12.1 Å². The summed E-state index contributed by atoms with van der Waals surface area (Å²) in [6.07, 6.45) is -3.25. The van der Waals surface area contributed by atoms with Gasteiger partial charge in [-0.2, -0.15) is 13.2 Å². The molecule has 0 unspecified atom stereocenters. The monoisotopic (exact) mass is 655 g/mol. The van der Waals surface area contributed by atoms with Crippen molar-refractivity contribution in [1.82, 2.24) is 9.88 Å². The second-order valence-electron chi connectivity index (χ2n) is 14.8. The van der Waals surface area contributed by atoms with Crippen LogP contribution >= 0.6 is 0 Å². The van der Waals surface area contributed by atoms with Crippen molar-refractivity contribution in [3.05, 3.63) is 81.4 Å². The number of carboxylic acid groups (broad SMARTS) is 1. The molecule has 3 heterocycles. The maximum atomic E-state index is 14.1. The van der Waals surface area contributed by atoms with E-state index in [1.807, 2.05) is 51.7 Å². The van der Waals surface area contributed by atoms with Gasteiger partial charge in [0, 0.05) is 55.2 Å². The van der Waals surface area contributed by atoms with Crippen molar-refractivity contribution < 1.29 is 32.2 Å². The highest BCUT2D eigenvalue weighted by molar-refractivity contribution is 5.88. The Hall–Kier alpha value is -3.50. The van der Waals surface area contributed by atoms with E-state index in [-0.39, 0.29) is 17.5 Å². The van der Waals surface area contributed by atoms with Gasteiger partial charge in [0.1, 0.15) is 5.82 Å². The van der Waals surface area contributed by atoms with Crippen LogP contribution in [0.1, 0.15) is 92.8 Å². The van der Waals surface area contributed by atoms with E-state index in [1.165, 1.54) is 0 Å². The van der Waals surface area contributed by atoms with E-state index in [2.05, 4.69) is 24.8 Å². The highest BCUT2D eigenvalue weighted by atomic mass is 19.4. The summed E-state index contributed by atoms with van der Waals surface area (Å²) in [6, 6.07) is 8.90. The van der Waals surface area contributed by atoms with Crippen LogP contribution in [0.4, 0.5) is 23.2 Å². The Morgan fingerprint density at radius 3 is 2.30 bits per heavy atom. The summed E-state index contributed by atoms with van der Waals surface area (Å²) in [7, 11) is 0. The van der Waals surface area contributed by atoms with E-state index >= 15 is 0 Å². The molecule has 6 nitrogen and oxygen atoms in total. The normalized spacial score (nSPS) is 17.8. The standard InChI is InChI=1S/C37H45F4N3O3/c1-22-30(32(44-14-11-36(6,7)12-15-44)31(23(2)42-22)33(34(45)46)47-35(3,4)5)26-8-9-27-21-43(13-10-25(27)18-26)20-24-16-28(37(39,40)41)19-29(38)17-24/h8-9,16-19,33H,10-15,20-21H2,1-7H3,(H,45,46)/t33-/m0/s1. The third-order valence-corrected chi connectivity index (χ3v) is 9.25. The lowest BCUT2D eigenvalue weighted by molar-refractivity contribution is -0.160. The predicted octanol–water partition coefficient (Wildman–Crippen LogP) is 8.65. The van der Waals surface area contributed by atoms with Crippen LogP contribution in [0.3, 0.4) is 0 Å². The maximum Gasteiger partial charge on any atom is 0.416 e. The number of pyridine rings is 1. The van der Waals surface area contributed by atoms with Crippen LogP contribution in [0.5, 0.6) is 0 Å². The number of halogens is 4. The van der Waals surface area contributed by atoms with Crippen LogP contribution in [0.25, 0.3) is 11.1 Å². The topological polar surface area (TPSA) is 65.9 Å². The van der Waals surface area contributed by atoms with E-state index in [1.54, 1.807) is 0 Å². The minimum Gasteiger partial charge on any atom is -0.479 e. The Labute approximate surface area is 274 Å². The number of aryl methyl sites for hydroxylation is 2. The molecule has 0 bridgehead atoms. The summed E-state index contributed by atoms with van der Waals surface area (Å²) < 4.78 is 60.1. The average molecular weight is 656 g/mol. The van der Waals surface area contributed by atoms with Crippen molar-refractivity contribution in [2.75, 3.05) is 24.5 Å². The van der Waals surface area contributed by atoms with E-state index < -0.39 is 35.2 Å². The van der Waals surface area contributed by atoms with Gasteiger partial charge in [-0.05, 0) is 99.7 Å². The van der Waals surface area contributed by atoms with Crippen LogP contribution in [-0.4, -0.2) is 46.2 Å². The number of aliphatic carboxylic acids is 1. The lowest BCUT2D eigenvalue weighted by Crippen LogP contribution is -2.39. The fraction of sp³-hybridized carbons (Fsp3) is 0.514. The first-order valence-electron chi connectivity index (χ1n) is 16.2. The molecule has 1 aromatic heterocycles. The van der Waals surface area contributed by atoms with Crippen molar-refractivity contribution in [3.8, 4) is 11.1 Å². The molecule has 47 heavy (non-hydrogen) atoms.